The van der Waals surface area contributed by atoms with Crippen molar-refractivity contribution < 1.29 is 19.0 Å². The summed E-state index contributed by atoms with van der Waals surface area (Å²) in [4.78, 5) is 12.0. The molecule has 2 fully saturated rings. The number of carbonyl (C=O) groups is 1. The second-order valence-electron chi connectivity index (χ2n) is 5.18. The lowest BCUT2D eigenvalue weighted by Gasteiger charge is -2.23. The van der Waals surface area contributed by atoms with Crippen molar-refractivity contribution in [1.29, 1.82) is 0 Å². The van der Waals surface area contributed by atoms with Crippen molar-refractivity contribution in [1.82, 2.24) is 5.32 Å². The van der Waals surface area contributed by atoms with Gasteiger partial charge in [-0.1, -0.05) is 12.1 Å². The summed E-state index contributed by atoms with van der Waals surface area (Å²) >= 11 is 0. The minimum atomic E-state index is -0.324. The molecular weight excluding hydrogens is 272 g/mol. The molecule has 2 N–H and O–H groups in total. The van der Waals surface area contributed by atoms with Crippen LogP contribution in [0, 0.1) is 0 Å². The second-order valence-corrected chi connectivity index (χ2v) is 5.18. The highest BCUT2D eigenvalue weighted by Gasteiger charge is 2.19. The molecule has 2 aliphatic rings. The molecule has 0 saturated carbocycles. The van der Waals surface area contributed by atoms with Gasteiger partial charge >= 0.3 is 0 Å². The zero-order valence-corrected chi connectivity index (χ0v) is 11.8. The van der Waals surface area contributed by atoms with Gasteiger partial charge in [0.2, 0.25) is 5.91 Å². The zero-order chi connectivity index (χ0) is 14.5. The maximum Gasteiger partial charge on any atom is 0.226 e. The van der Waals surface area contributed by atoms with Crippen LogP contribution in [0.25, 0.3) is 0 Å². The van der Waals surface area contributed by atoms with E-state index in [1.165, 1.54) is 0 Å². The Morgan fingerprint density at radius 1 is 1.29 bits per heavy atom. The minimum Gasteiger partial charge on any atom is -0.378 e. The number of carbonyl (C=O) groups excluding carboxylic acids is 1. The van der Waals surface area contributed by atoms with Gasteiger partial charge in [-0.15, -0.1) is 0 Å². The molecule has 1 amide bonds. The average Bonchev–Trinajstić information content (AvgIpc) is 3.02. The van der Waals surface area contributed by atoms with E-state index in [9.17, 15) is 4.79 Å². The van der Waals surface area contributed by atoms with Crippen LogP contribution in [0.3, 0.4) is 0 Å². The molecule has 1 unspecified atom stereocenters. The summed E-state index contributed by atoms with van der Waals surface area (Å²) in [6.45, 7) is 3.30. The Kier molecular flexibility index (Phi) is 4.82. The monoisotopic (exact) mass is 292 g/mol. The first-order chi connectivity index (χ1) is 10.3. The van der Waals surface area contributed by atoms with Gasteiger partial charge in [-0.05, 0) is 12.1 Å². The predicted octanol–water partition coefficient (Wildman–Crippen LogP) is 1.05. The second kappa shape index (κ2) is 7.00. The molecule has 2 heterocycles. The summed E-state index contributed by atoms with van der Waals surface area (Å²) < 4.78 is 16.3. The first-order valence-electron chi connectivity index (χ1n) is 7.25. The summed E-state index contributed by atoms with van der Waals surface area (Å²) in [5.74, 6) is -0.0246. The maximum absolute atomic E-state index is 12.0. The number of hydrogen-bond donors (Lipinski definition) is 2. The van der Waals surface area contributed by atoms with E-state index < -0.39 is 0 Å². The molecule has 1 aromatic carbocycles. The topological polar surface area (TPSA) is 68.8 Å². The van der Waals surface area contributed by atoms with Crippen LogP contribution in [0.4, 0.5) is 5.69 Å². The Bertz CT molecular complexity index is 482. The van der Waals surface area contributed by atoms with E-state index in [4.69, 9.17) is 14.2 Å². The van der Waals surface area contributed by atoms with Gasteiger partial charge in [0, 0.05) is 30.3 Å². The standard InChI is InChI=1S/C15H20N2O4/c18-14(9-13-10-19-5-4-16-13)17-12-3-1-2-11(8-12)15-20-6-7-21-15/h1-3,8,13,15-16H,4-7,9-10H2,(H,17,18). The number of nitrogens with one attached hydrogen (secondary N) is 2. The van der Waals surface area contributed by atoms with Crippen molar-refractivity contribution in [2.45, 2.75) is 18.8 Å². The lowest BCUT2D eigenvalue weighted by Crippen LogP contribution is -2.43. The molecule has 0 spiro atoms. The highest BCUT2D eigenvalue weighted by molar-refractivity contribution is 5.91. The van der Waals surface area contributed by atoms with E-state index in [-0.39, 0.29) is 18.2 Å². The highest BCUT2D eigenvalue weighted by atomic mass is 16.7. The molecule has 0 aromatic heterocycles. The molecule has 0 bridgehead atoms. The fourth-order valence-electron chi connectivity index (χ4n) is 2.50. The Morgan fingerprint density at radius 2 is 2.14 bits per heavy atom. The van der Waals surface area contributed by atoms with Crippen LogP contribution >= 0.6 is 0 Å². The van der Waals surface area contributed by atoms with Crippen molar-refractivity contribution in [3.63, 3.8) is 0 Å². The summed E-state index contributed by atoms with van der Waals surface area (Å²) in [6, 6.07) is 7.66. The number of hydrogen-bond acceptors (Lipinski definition) is 5. The third kappa shape index (κ3) is 4.01. The first-order valence-corrected chi connectivity index (χ1v) is 7.25. The van der Waals surface area contributed by atoms with E-state index >= 15 is 0 Å². The van der Waals surface area contributed by atoms with Crippen LogP contribution in [0.5, 0.6) is 0 Å². The Morgan fingerprint density at radius 3 is 2.90 bits per heavy atom. The normalized spacial score (nSPS) is 23.1. The molecular formula is C15H20N2O4. The predicted molar refractivity (Wildman–Crippen MR) is 76.9 cm³/mol. The molecule has 2 aliphatic heterocycles. The molecule has 2 saturated heterocycles. The summed E-state index contributed by atoms with van der Waals surface area (Å²) in [7, 11) is 0. The zero-order valence-electron chi connectivity index (χ0n) is 11.8. The van der Waals surface area contributed by atoms with Gasteiger partial charge in [-0.3, -0.25) is 4.79 Å². The number of rotatable bonds is 4. The SMILES string of the molecule is O=C(CC1COCCN1)Nc1cccc(C2OCCO2)c1. The molecule has 3 rings (SSSR count). The van der Waals surface area contributed by atoms with Crippen molar-refractivity contribution in [2.75, 3.05) is 38.3 Å². The van der Waals surface area contributed by atoms with Crippen LogP contribution in [0.15, 0.2) is 24.3 Å². The quantitative estimate of drug-likeness (QED) is 0.868. The average molecular weight is 292 g/mol. The summed E-state index contributed by atoms with van der Waals surface area (Å²) in [5.41, 5.74) is 1.68. The Balaban J connectivity index is 1.56. The van der Waals surface area contributed by atoms with Crippen LogP contribution < -0.4 is 10.6 Å². The molecule has 21 heavy (non-hydrogen) atoms. The van der Waals surface area contributed by atoms with Gasteiger partial charge in [0.1, 0.15) is 0 Å². The first kappa shape index (κ1) is 14.5. The molecule has 0 aliphatic carbocycles. The summed E-state index contributed by atoms with van der Waals surface area (Å²) in [6.07, 6.45) is 0.0796. The van der Waals surface area contributed by atoms with Crippen LogP contribution in [-0.2, 0) is 19.0 Å². The smallest absolute Gasteiger partial charge is 0.226 e. The number of morpholine rings is 1. The molecule has 6 nitrogen and oxygen atoms in total. The van der Waals surface area contributed by atoms with Crippen LogP contribution in [0.2, 0.25) is 0 Å². The van der Waals surface area contributed by atoms with Crippen LogP contribution in [-0.4, -0.2) is 44.9 Å². The largest absolute Gasteiger partial charge is 0.378 e. The Labute approximate surface area is 123 Å². The summed E-state index contributed by atoms with van der Waals surface area (Å²) in [5, 5.41) is 6.17. The van der Waals surface area contributed by atoms with E-state index in [0.717, 1.165) is 17.8 Å². The van der Waals surface area contributed by atoms with Crippen molar-refractivity contribution in [3.8, 4) is 0 Å². The van der Waals surface area contributed by atoms with Crippen molar-refractivity contribution >= 4 is 11.6 Å². The number of amides is 1. The number of ether oxygens (including phenoxy) is 3. The molecule has 0 radical (unpaired) electrons. The van der Waals surface area contributed by atoms with Gasteiger partial charge in [0.25, 0.3) is 0 Å². The van der Waals surface area contributed by atoms with Gasteiger partial charge in [0.15, 0.2) is 6.29 Å². The molecule has 114 valence electrons. The van der Waals surface area contributed by atoms with E-state index in [2.05, 4.69) is 10.6 Å². The van der Waals surface area contributed by atoms with Crippen molar-refractivity contribution in [2.24, 2.45) is 0 Å². The third-order valence-electron chi connectivity index (χ3n) is 3.49. The maximum atomic E-state index is 12.0. The molecule has 6 heteroatoms. The lowest BCUT2D eigenvalue weighted by atomic mass is 10.1. The lowest BCUT2D eigenvalue weighted by molar-refractivity contribution is -0.117. The number of anilines is 1. The van der Waals surface area contributed by atoms with E-state index in [1.54, 1.807) is 0 Å². The van der Waals surface area contributed by atoms with Crippen LogP contribution in [0.1, 0.15) is 18.3 Å². The van der Waals surface area contributed by atoms with Crippen molar-refractivity contribution in [3.05, 3.63) is 29.8 Å². The fourth-order valence-corrected chi connectivity index (χ4v) is 2.50. The number of benzene rings is 1. The highest BCUT2D eigenvalue weighted by Crippen LogP contribution is 2.25. The minimum absolute atomic E-state index is 0.0246. The van der Waals surface area contributed by atoms with Gasteiger partial charge in [-0.2, -0.15) is 0 Å². The Hall–Kier alpha value is -1.47. The molecule has 1 atom stereocenters. The fraction of sp³-hybridized carbons (Fsp3) is 0.533. The van der Waals surface area contributed by atoms with E-state index in [0.29, 0.717) is 32.8 Å². The van der Waals surface area contributed by atoms with Gasteiger partial charge < -0.3 is 24.8 Å². The van der Waals surface area contributed by atoms with Gasteiger partial charge in [0.05, 0.1) is 26.4 Å². The molecule has 1 aromatic rings. The van der Waals surface area contributed by atoms with Gasteiger partial charge in [-0.25, -0.2) is 0 Å². The van der Waals surface area contributed by atoms with E-state index in [1.807, 2.05) is 24.3 Å². The third-order valence-corrected chi connectivity index (χ3v) is 3.49.